The molecule has 4 rings (SSSR count). The van der Waals surface area contributed by atoms with Gasteiger partial charge in [0.05, 0.1) is 17.0 Å². The molecule has 0 saturated carbocycles. The van der Waals surface area contributed by atoms with Crippen LogP contribution in [-0.4, -0.2) is 25.8 Å². The monoisotopic (exact) mass is 366 g/mol. The lowest BCUT2D eigenvalue weighted by atomic mass is 9.74. The van der Waals surface area contributed by atoms with Crippen LogP contribution in [0.3, 0.4) is 0 Å². The molecular formula is C20H19ClN4O. The highest BCUT2D eigenvalue weighted by Gasteiger charge is 2.39. The number of carbonyl (C=O) groups excluding carboxylic acids is 1. The number of aromatic nitrogens is 4. The van der Waals surface area contributed by atoms with Gasteiger partial charge in [-0.2, -0.15) is 5.10 Å². The number of fused-ring (bicyclic) bond motifs is 1. The van der Waals surface area contributed by atoms with Crippen LogP contribution in [0.25, 0.3) is 5.82 Å². The molecule has 0 fully saturated rings. The normalized spacial score (nSPS) is 15.7. The van der Waals surface area contributed by atoms with Gasteiger partial charge in [-0.25, -0.2) is 4.68 Å². The number of nitrogens with zero attached hydrogens (tertiary/aromatic N) is 4. The Morgan fingerprint density at radius 3 is 2.58 bits per heavy atom. The van der Waals surface area contributed by atoms with Crippen molar-refractivity contribution in [3.8, 4) is 5.82 Å². The van der Waals surface area contributed by atoms with E-state index >= 15 is 0 Å². The second kappa shape index (κ2) is 6.32. The predicted octanol–water partition coefficient (Wildman–Crippen LogP) is 4.06. The molecule has 0 spiro atoms. The van der Waals surface area contributed by atoms with Gasteiger partial charge in [-0.1, -0.05) is 55.8 Å². The fourth-order valence-electron chi connectivity index (χ4n) is 3.40. The molecule has 0 aliphatic heterocycles. The van der Waals surface area contributed by atoms with Gasteiger partial charge in [-0.05, 0) is 30.5 Å². The van der Waals surface area contributed by atoms with Gasteiger partial charge in [0.15, 0.2) is 16.8 Å². The van der Waals surface area contributed by atoms with E-state index in [1.807, 2.05) is 44.2 Å². The minimum atomic E-state index is -0.377. The zero-order chi connectivity index (χ0) is 18.3. The number of rotatable bonds is 3. The van der Waals surface area contributed by atoms with Crippen LogP contribution in [0.5, 0.6) is 0 Å². The van der Waals surface area contributed by atoms with Crippen molar-refractivity contribution in [2.24, 2.45) is 5.41 Å². The first kappa shape index (κ1) is 16.9. The average Bonchev–Trinajstić information content (AvgIpc) is 2.99. The summed E-state index contributed by atoms with van der Waals surface area (Å²) in [6, 6.07) is 13.5. The van der Waals surface area contributed by atoms with Crippen molar-refractivity contribution in [1.82, 2.24) is 20.0 Å². The van der Waals surface area contributed by atoms with Crippen molar-refractivity contribution in [1.29, 1.82) is 0 Å². The third-order valence-electron chi connectivity index (χ3n) is 4.93. The standard InChI is InChI=1S/C20H19ClN4O/c1-20(2)11-10-15-18(19(20)26)14(12-13-6-4-3-5-7-13)24-25(15)17-9-8-16(21)22-23-17/h3-9H,10-12H2,1-2H3. The lowest BCUT2D eigenvalue weighted by Crippen LogP contribution is -2.31. The summed E-state index contributed by atoms with van der Waals surface area (Å²) in [5, 5.41) is 13.1. The molecule has 0 N–H and O–H groups in total. The number of Topliss-reactive ketones (excluding diaryl/α,β-unsaturated/α-hetero) is 1. The largest absolute Gasteiger partial charge is 0.293 e. The molecule has 0 bridgehead atoms. The molecule has 6 heteroatoms. The molecule has 0 radical (unpaired) electrons. The maximum absolute atomic E-state index is 13.1. The molecule has 2 aromatic heterocycles. The van der Waals surface area contributed by atoms with E-state index in [-0.39, 0.29) is 11.2 Å². The molecular weight excluding hydrogens is 348 g/mol. The molecule has 1 aliphatic carbocycles. The van der Waals surface area contributed by atoms with Gasteiger partial charge in [0.25, 0.3) is 0 Å². The SMILES string of the molecule is CC1(C)CCc2c(c(Cc3ccccc3)nn2-c2ccc(Cl)nn2)C1=O. The maximum Gasteiger partial charge on any atom is 0.176 e. The Kier molecular flexibility index (Phi) is 4.11. The molecule has 0 saturated heterocycles. The molecule has 3 aromatic rings. The van der Waals surface area contributed by atoms with E-state index in [2.05, 4.69) is 10.2 Å². The van der Waals surface area contributed by atoms with Gasteiger partial charge in [0.2, 0.25) is 0 Å². The number of carbonyl (C=O) groups is 1. The number of benzene rings is 1. The van der Waals surface area contributed by atoms with Crippen LogP contribution in [0, 0.1) is 5.41 Å². The van der Waals surface area contributed by atoms with E-state index in [0.29, 0.717) is 17.4 Å². The summed E-state index contributed by atoms with van der Waals surface area (Å²) in [5.74, 6) is 0.732. The zero-order valence-electron chi connectivity index (χ0n) is 14.7. The molecule has 2 heterocycles. The smallest absolute Gasteiger partial charge is 0.176 e. The maximum atomic E-state index is 13.1. The van der Waals surface area contributed by atoms with Gasteiger partial charge in [-0.3, -0.25) is 4.79 Å². The first-order valence-corrected chi connectivity index (χ1v) is 9.02. The van der Waals surface area contributed by atoms with Crippen LogP contribution in [-0.2, 0) is 12.8 Å². The Labute approximate surface area is 157 Å². The van der Waals surface area contributed by atoms with Gasteiger partial charge in [0.1, 0.15) is 0 Å². The lowest BCUT2D eigenvalue weighted by molar-refractivity contribution is 0.0809. The summed E-state index contributed by atoms with van der Waals surface area (Å²) in [7, 11) is 0. The summed E-state index contributed by atoms with van der Waals surface area (Å²) >= 11 is 5.86. The van der Waals surface area contributed by atoms with E-state index in [9.17, 15) is 4.79 Å². The van der Waals surface area contributed by atoms with Crippen LogP contribution >= 0.6 is 11.6 Å². The number of hydrogen-bond acceptors (Lipinski definition) is 4. The number of hydrogen-bond donors (Lipinski definition) is 0. The van der Waals surface area contributed by atoms with Gasteiger partial charge < -0.3 is 0 Å². The Bertz CT molecular complexity index is 961. The molecule has 1 aliphatic rings. The van der Waals surface area contributed by atoms with Crippen LogP contribution in [0.15, 0.2) is 42.5 Å². The molecule has 0 unspecified atom stereocenters. The zero-order valence-corrected chi connectivity index (χ0v) is 15.5. The number of ketones is 1. The van der Waals surface area contributed by atoms with E-state index < -0.39 is 0 Å². The highest BCUT2D eigenvalue weighted by molar-refractivity contribution is 6.29. The molecule has 0 amide bonds. The first-order chi connectivity index (χ1) is 12.5. The van der Waals surface area contributed by atoms with Gasteiger partial charge >= 0.3 is 0 Å². The Morgan fingerprint density at radius 2 is 1.88 bits per heavy atom. The Balaban J connectivity index is 1.86. The fourth-order valence-corrected chi connectivity index (χ4v) is 3.50. The van der Waals surface area contributed by atoms with Crippen molar-refractivity contribution in [3.05, 3.63) is 70.1 Å². The minimum Gasteiger partial charge on any atom is -0.293 e. The molecule has 26 heavy (non-hydrogen) atoms. The average molecular weight is 367 g/mol. The van der Waals surface area contributed by atoms with Crippen LogP contribution in [0.2, 0.25) is 5.15 Å². The van der Waals surface area contributed by atoms with Crippen molar-refractivity contribution in [2.45, 2.75) is 33.1 Å². The quantitative estimate of drug-likeness (QED) is 0.701. The Hall–Kier alpha value is -2.53. The van der Waals surface area contributed by atoms with Crippen molar-refractivity contribution < 1.29 is 4.79 Å². The first-order valence-electron chi connectivity index (χ1n) is 8.65. The van der Waals surface area contributed by atoms with Crippen molar-refractivity contribution in [3.63, 3.8) is 0 Å². The van der Waals surface area contributed by atoms with Gasteiger partial charge in [0, 0.05) is 11.8 Å². The second-order valence-electron chi connectivity index (χ2n) is 7.27. The van der Waals surface area contributed by atoms with Crippen LogP contribution < -0.4 is 0 Å². The van der Waals surface area contributed by atoms with Crippen molar-refractivity contribution in [2.75, 3.05) is 0 Å². The van der Waals surface area contributed by atoms with E-state index in [1.165, 1.54) is 0 Å². The second-order valence-corrected chi connectivity index (χ2v) is 7.66. The predicted molar refractivity (Wildman–Crippen MR) is 99.8 cm³/mol. The highest BCUT2D eigenvalue weighted by atomic mass is 35.5. The van der Waals surface area contributed by atoms with Crippen LogP contribution in [0.1, 0.15) is 47.6 Å². The minimum absolute atomic E-state index is 0.151. The summed E-state index contributed by atoms with van der Waals surface area (Å²) < 4.78 is 1.75. The third kappa shape index (κ3) is 2.92. The lowest BCUT2D eigenvalue weighted by Gasteiger charge is -2.28. The summed E-state index contributed by atoms with van der Waals surface area (Å²) in [6.45, 7) is 4.01. The molecule has 132 valence electrons. The van der Waals surface area contributed by atoms with E-state index in [1.54, 1.807) is 16.8 Å². The Morgan fingerprint density at radius 1 is 1.12 bits per heavy atom. The topological polar surface area (TPSA) is 60.7 Å². The molecule has 0 atom stereocenters. The van der Waals surface area contributed by atoms with E-state index in [0.717, 1.165) is 35.4 Å². The molecule has 1 aromatic carbocycles. The molecule has 5 nitrogen and oxygen atoms in total. The summed E-state index contributed by atoms with van der Waals surface area (Å²) in [6.07, 6.45) is 2.18. The summed E-state index contributed by atoms with van der Waals surface area (Å²) in [4.78, 5) is 13.1. The summed E-state index contributed by atoms with van der Waals surface area (Å²) in [5.41, 5.74) is 3.19. The van der Waals surface area contributed by atoms with Gasteiger partial charge in [-0.15, -0.1) is 10.2 Å². The van der Waals surface area contributed by atoms with Crippen LogP contribution in [0.4, 0.5) is 0 Å². The number of halogens is 1. The fraction of sp³-hybridized carbons (Fsp3) is 0.300. The third-order valence-corrected chi connectivity index (χ3v) is 5.13. The van der Waals surface area contributed by atoms with E-state index in [4.69, 9.17) is 16.7 Å². The highest BCUT2D eigenvalue weighted by Crippen LogP contribution is 2.37. The van der Waals surface area contributed by atoms with Crippen molar-refractivity contribution >= 4 is 17.4 Å².